The van der Waals surface area contributed by atoms with Crippen molar-refractivity contribution >= 4 is 33.2 Å². The molecule has 0 saturated carbocycles. The predicted octanol–water partition coefficient (Wildman–Crippen LogP) is 4.51. The van der Waals surface area contributed by atoms with Gasteiger partial charge in [0.05, 0.1) is 12.0 Å². The van der Waals surface area contributed by atoms with Crippen molar-refractivity contribution < 1.29 is 17.9 Å². The number of piperidine rings is 1. The molecule has 0 bridgehead atoms. The van der Waals surface area contributed by atoms with Crippen molar-refractivity contribution in [2.24, 2.45) is 5.92 Å². The van der Waals surface area contributed by atoms with E-state index in [-0.39, 0.29) is 16.7 Å². The predicted molar refractivity (Wildman–Crippen MR) is 123 cm³/mol. The molecule has 1 saturated heterocycles. The summed E-state index contributed by atoms with van der Waals surface area (Å²) in [6.45, 7) is 4.67. The van der Waals surface area contributed by atoms with Gasteiger partial charge in [-0.05, 0) is 67.1 Å². The van der Waals surface area contributed by atoms with Crippen LogP contribution < -0.4 is 10.1 Å². The molecule has 1 aliphatic rings. The third-order valence-electron chi connectivity index (χ3n) is 5.85. The molecule has 168 valence electrons. The van der Waals surface area contributed by atoms with Crippen molar-refractivity contribution in [3.8, 4) is 5.75 Å². The summed E-state index contributed by atoms with van der Waals surface area (Å²) in [5.74, 6) is 0.289. The number of benzene rings is 2. The number of nitrogens with zero attached hydrogens (tertiary/aromatic N) is 1. The van der Waals surface area contributed by atoms with Crippen molar-refractivity contribution in [3.63, 3.8) is 0 Å². The van der Waals surface area contributed by atoms with Gasteiger partial charge in [-0.15, -0.1) is 0 Å². The first-order valence-corrected chi connectivity index (χ1v) is 12.4. The van der Waals surface area contributed by atoms with Crippen molar-refractivity contribution in [2.75, 3.05) is 25.5 Å². The van der Waals surface area contributed by atoms with E-state index < -0.39 is 10.0 Å². The lowest BCUT2D eigenvalue weighted by molar-refractivity contribution is -0.120. The SMILES string of the molecule is CCc1ccc(Cl)c(CC)c1NC(=O)C1CCN(S(=O)(=O)c2ccc(OC)cc2)CC1. The number of halogens is 1. The number of methoxy groups -OCH3 is 1. The summed E-state index contributed by atoms with van der Waals surface area (Å²) in [6.07, 6.45) is 2.47. The van der Waals surface area contributed by atoms with E-state index in [0.717, 1.165) is 29.7 Å². The second-order valence-electron chi connectivity index (χ2n) is 7.61. The molecule has 2 aromatic rings. The van der Waals surface area contributed by atoms with Gasteiger partial charge in [0.2, 0.25) is 15.9 Å². The van der Waals surface area contributed by atoms with Gasteiger partial charge in [-0.2, -0.15) is 4.31 Å². The summed E-state index contributed by atoms with van der Waals surface area (Å²) in [5, 5.41) is 3.73. The molecular formula is C23H29ClN2O4S. The van der Waals surface area contributed by atoms with Crippen LogP contribution in [0, 0.1) is 5.92 Å². The van der Waals surface area contributed by atoms with Crippen LogP contribution in [-0.4, -0.2) is 38.8 Å². The molecule has 8 heteroatoms. The molecule has 0 spiro atoms. The first kappa shape index (κ1) is 23.6. The van der Waals surface area contributed by atoms with Gasteiger partial charge in [-0.1, -0.05) is 31.5 Å². The van der Waals surface area contributed by atoms with E-state index in [0.29, 0.717) is 36.7 Å². The first-order valence-electron chi connectivity index (χ1n) is 10.6. The third-order valence-corrected chi connectivity index (χ3v) is 8.11. The Balaban J connectivity index is 1.68. The minimum absolute atomic E-state index is 0.0758. The molecule has 0 atom stereocenters. The number of nitrogens with one attached hydrogen (secondary N) is 1. The maximum atomic E-state index is 13.0. The van der Waals surface area contributed by atoms with E-state index in [9.17, 15) is 13.2 Å². The van der Waals surface area contributed by atoms with Gasteiger partial charge in [0, 0.05) is 29.7 Å². The van der Waals surface area contributed by atoms with E-state index in [1.807, 2.05) is 26.0 Å². The number of hydrogen-bond donors (Lipinski definition) is 1. The molecule has 1 N–H and O–H groups in total. The Morgan fingerprint density at radius 3 is 2.29 bits per heavy atom. The van der Waals surface area contributed by atoms with E-state index in [1.54, 1.807) is 24.3 Å². The number of aryl methyl sites for hydroxylation is 1. The van der Waals surface area contributed by atoms with Crippen LogP contribution in [0.5, 0.6) is 5.75 Å². The lowest BCUT2D eigenvalue weighted by Gasteiger charge is -2.31. The monoisotopic (exact) mass is 464 g/mol. The molecular weight excluding hydrogens is 436 g/mol. The molecule has 2 aromatic carbocycles. The highest BCUT2D eigenvalue weighted by Crippen LogP contribution is 2.31. The Morgan fingerprint density at radius 1 is 1.10 bits per heavy atom. The molecule has 0 aliphatic carbocycles. The van der Waals surface area contributed by atoms with Gasteiger partial charge in [0.25, 0.3) is 0 Å². The highest BCUT2D eigenvalue weighted by atomic mass is 35.5. The Kier molecular flexibility index (Phi) is 7.62. The van der Waals surface area contributed by atoms with Crippen LogP contribution >= 0.6 is 11.6 Å². The van der Waals surface area contributed by atoms with Gasteiger partial charge in [-0.3, -0.25) is 4.79 Å². The zero-order valence-electron chi connectivity index (χ0n) is 18.2. The fraction of sp³-hybridized carbons (Fsp3) is 0.435. The summed E-state index contributed by atoms with van der Waals surface area (Å²) >= 11 is 6.34. The first-order chi connectivity index (χ1) is 14.8. The zero-order chi connectivity index (χ0) is 22.6. The Bertz CT molecular complexity index is 1030. The van der Waals surface area contributed by atoms with Gasteiger partial charge in [-0.25, -0.2) is 8.42 Å². The van der Waals surface area contributed by atoms with Gasteiger partial charge in [0.1, 0.15) is 5.75 Å². The van der Waals surface area contributed by atoms with Crippen molar-refractivity contribution in [2.45, 2.75) is 44.4 Å². The Morgan fingerprint density at radius 2 is 1.74 bits per heavy atom. The molecule has 3 rings (SSSR count). The molecule has 1 fully saturated rings. The molecule has 6 nitrogen and oxygen atoms in total. The highest BCUT2D eigenvalue weighted by Gasteiger charge is 2.32. The fourth-order valence-corrected chi connectivity index (χ4v) is 5.71. The molecule has 0 radical (unpaired) electrons. The summed E-state index contributed by atoms with van der Waals surface area (Å²) in [6, 6.07) is 10.2. The maximum Gasteiger partial charge on any atom is 0.243 e. The van der Waals surface area contributed by atoms with E-state index in [1.165, 1.54) is 11.4 Å². The summed E-state index contributed by atoms with van der Waals surface area (Å²) < 4.78 is 32.4. The van der Waals surface area contributed by atoms with Gasteiger partial charge in [0.15, 0.2) is 0 Å². The molecule has 1 aliphatic heterocycles. The number of amides is 1. The fourth-order valence-electron chi connectivity index (χ4n) is 3.95. The molecule has 0 aromatic heterocycles. The van der Waals surface area contributed by atoms with Crippen LogP contribution in [-0.2, 0) is 27.7 Å². The number of sulfonamides is 1. The second kappa shape index (κ2) is 10.0. The van der Waals surface area contributed by atoms with Crippen molar-refractivity contribution in [1.82, 2.24) is 4.31 Å². The average Bonchev–Trinajstić information content (AvgIpc) is 2.79. The minimum Gasteiger partial charge on any atom is -0.497 e. The van der Waals surface area contributed by atoms with E-state index in [2.05, 4.69) is 5.32 Å². The van der Waals surface area contributed by atoms with E-state index >= 15 is 0 Å². The molecule has 31 heavy (non-hydrogen) atoms. The van der Waals surface area contributed by atoms with Crippen LogP contribution in [0.15, 0.2) is 41.3 Å². The van der Waals surface area contributed by atoms with Crippen molar-refractivity contribution in [3.05, 3.63) is 52.5 Å². The largest absolute Gasteiger partial charge is 0.497 e. The number of rotatable bonds is 7. The number of carbonyl (C=O) groups excluding carboxylic acids is 1. The smallest absolute Gasteiger partial charge is 0.243 e. The summed E-state index contributed by atoms with van der Waals surface area (Å²) in [7, 11) is -2.06. The second-order valence-corrected chi connectivity index (χ2v) is 9.96. The van der Waals surface area contributed by atoms with Crippen molar-refractivity contribution in [1.29, 1.82) is 0 Å². The average molecular weight is 465 g/mol. The number of anilines is 1. The van der Waals surface area contributed by atoms with Gasteiger partial charge >= 0.3 is 0 Å². The van der Waals surface area contributed by atoms with E-state index in [4.69, 9.17) is 16.3 Å². The highest BCUT2D eigenvalue weighted by molar-refractivity contribution is 7.89. The lowest BCUT2D eigenvalue weighted by Crippen LogP contribution is -2.41. The standard InChI is InChI=1S/C23H29ClN2O4S/c1-4-16-6-11-21(24)20(5-2)22(16)25-23(27)17-12-14-26(15-13-17)31(28,29)19-9-7-18(30-3)8-10-19/h6-11,17H,4-5,12-15H2,1-3H3,(H,25,27). The Hall–Kier alpha value is -2.09. The zero-order valence-corrected chi connectivity index (χ0v) is 19.7. The van der Waals surface area contributed by atoms with Crippen LogP contribution in [0.1, 0.15) is 37.8 Å². The van der Waals surface area contributed by atoms with Crippen LogP contribution in [0.2, 0.25) is 5.02 Å². The molecule has 1 amide bonds. The topological polar surface area (TPSA) is 75.7 Å². The Labute approximate surface area is 189 Å². The number of hydrogen-bond acceptors (Lipinski definition) is 4. The molecule has 0 unspecified atom stereocenters. The quantitative estimate of drug-likeness (QED) is 0.654. The summed E-state index contributed by atoms with van der Waals surface area (Å²) in [5.41, 5.74) is 2.79. The van der Waals surface area contributed by atoms with Crippen LogP contribution in [0.25, 0.3) is 0 Å². The van der Waals surface area contributed by atoms with Crippen LogP contribution in [0.3, 0.4) is 0 Å². The minimum atomic E-state index is -3.59. The number of carbonyl (C=O) groups is 1. The molecule has 1 heterocycles. The lowest BCUT2D eigenvalue weighted by atomic mass is 9.96. The van der Waals surface area contributed by atoms with Crippen LogP contribution in [0.4, 0.5) is 5.69 Å². The normalized spacial score (nSPS) is 15.6. The number of ether oxygens (including phenoxy) is 1. The summed E-state index contributed by atoms with van der Waals surface area (Å²) in [4.78, 5) is 13.2. The maximum absolute atomic E-state index is 13.0. The third kappa shape index (κ3) is 5.05. The van der Waals surface area contributed by atoms with Gasteiger partial charge < -0.3 is 10.1 Å².